The van der Waals surface area contributed by atoms with Gasteiger partial charge in [0.2, 0.25) is 0 Å². The van der Waals surface area contributed by atoms with Gasteiger partial charge in [-0.25, -0.2) is 0 Å². The van der Waals surface area contributed by atoms with Crippen molar-refractivity contribution in [1.29, 1.82) is 0 Å². The SMILES string of the molecule is Cc1ccc(COCC(C)(C)N)c(C)c1. The molecule has 1 rings (SSSR count). The Morgan fingerprint density at radius 2 is 1.93 bits per heavy atom. The van der Waals surface area contributed by atoms with Crippen LogP contribution in [-0.2, 0) is 11.3 Å². The summed E-state index contributed by atoms with van der Waals surface area (Å²) in [7, 11) is 0. The van der Waals surface area contributed by atoms with E-state index in [1.54, 1.807) is 0 Å². The van der Waals surface area contributed by atoms with E-state index < -0.39 is 0 Å². The fourth-order valence-electron chi connectivity index (χ4n) is 1.43. The van der Waals surface area contributed by atoms with E-state index in [4.69, 9.17) is 10.5 Å². The highest BCUT2D eigenvalue weighted by Crippen LogP contribution is 2.12. The van der Waals surface area contributed by atoms with Crippen LogP contribution in [0.2, 0.25) is 0 Å². The predicted molar refractivity (Wildman–Crippen MR) is 63.8 cm³/mol. The number of hydrogen-bond acceptors (Lipinski definition) is 2. The number of ether oxygens (including phenoxy) is 1. The summed E-state index contributed by atoms with van der Waals surface area (Å²) < 4.78 is 5.58. The van der Waals surface area contributed by atoms with Crippen LogP contribution in [-0.4, -0.2) is 12.1 Å². The number of benzene rings is 1. The molecule has 2 N–H and O–H groups in total. The van der Waals surface area contributed by atoms with Gasteiger partial charge in [0.1, 0.15) is 0 Å². The Morgan fingerprint density at radius 1 is 1.27 bits per heavy atom. The molecule has 0 saturated carbocycles. The molecule has 0 atom stereocenters. The zero-order chi connectivity index (χ0) is 11.5. The lowest BCUT2D eigenvalue weighted by Crippen LogP contribution is -2.37. The van der Waals surface area contributed by atoms with Crippen LogP contribution in [0.25, 0.3) is 0 Å². The van der Waals surface area contributed by atoms with Gasteiger partial charge in [-0.15, -0.1) is 0 Å². The van der Waals surface area contributed by atoms with Crippen LogP contribution in [0, 0.1) is 13.8 Å². The second kappa shape index (κ2) is 4.77. The van der Waals surface area contributed by atoms with Gasteiger partial charge in [-0.3, -0.25) is 0 Å². The first kappa shape index (κ1) is 12.2. The van der Waals surface area contributed by atoms with Gasteiger partial charge < -0.3 is 10.5 Å². The molecule has 0 radical (unpaired) electrons. The van der Waals surface area contributed by atoms with Crippen LogP contribution in [0.15, 0.2) is 18.2 Å². The van der Waals surface area contributed by atoms with Crippen molar-refractivity contribution in [2.45, 2.75) is 39.8 Å². The molecule has 1 aromatic carbocycles. The van der Waals surface area contributed by atoms with Crippen LogP contribution < -0.4 is 5.73 Å². The molecule has 0 aliphatic heterocycles. The van der Waals surface area contributed by atoms with Crippen molar-refractivity contribution in [3.05, 3.63) is 34.9 Å². The zero-order valence-electron chi connectivity index (χ0n) is 10.1. The molecule has 0 fully saturated rings. The summed E-state index contributed by atoms with van der Waals surface area (Å²) in [4.78, 5) is 0. The summed E-state index contributed by atoms with van der Waals surface area (Å²) in [5.74, 6) is 0. The topological polar surface area (TPSA) is 35.2 Å². The second-order valence-corrected chi connectivity index (χ2v) is 4.91. The average molecular weight is 207 g/mol. The smallest absolute Gasteiger partial charge is 0.0720 e. The molecule has 15 heavy (non-hydrogen) atoms. The average Bonchev–Trinajstić information content (AvgIpc) is 2.07. The maximum absolute atomic E-state index is 5.84. The van der Waals surface area contributed by atoms with Gasteiger partial charge in [-0.2, -0.15) is 0 Å². The third-order valence-corrected chi connectivity index (χ3v) is 2.23. The predicted octanol–water partition coefficient (Wildman–Crippen LogP) is 2.56. The molecule has 0 aromatic heterocycles. The summed E-state index contributed by atoms with van der Waals surface area (Å²) in [6.45, 7) is 9.37. The maximum Gasteiger partial charge on any atom is 0.0720 e. The normalized spacial score (nSPS) is 11.8. The van der Waals surface area contributed by atoms with E-state index in [2.05, 4.69) is 32.0 Å². The fraction of sp³-hybridized carbons (Fsp3) is 0.538. The van der Waals surface area contributed by atoms with E-state index >= 15 is 0 Å². The van der Waals surface area contributed by atoms with Gasteiger partial charge in [0, 0.05) is 5.54 Å². The molecule has 0 aliphatic carbocycles. The van der Waals surface area contributed by atoms with Crippen molar-refractivity contribution >= 4 is 0 Å². The largest absolute Gasteiger partial charge is 0.375 e. The standard InChI is InChI=1S/C13H21NO/c1-10-5-6-12(11(2)7-10)8-15-9-13(3,4)14/h5-7H,8-9,14H2,1-4H3. The van der Waals surface area contributed by atoms with Gasteiger partial charge in [0.15, 0.2) is 0 Å². The van der Waals surface area contributed by atoms with Crippen molar-refractivity contribution in [2.75, 3.05) is 6.61 Å². The molecule has 0 aliphatic rings. The Hall–Kier alpha value is -0.860. The fourth-order valence-corrected chi connectivity index (χ4v) is 1.43. The molecular formula is C13H21NO. The highest BCUT2D eigenvalue weighted by atomic mass is 16.5. The Balaban J connectivity index is 2.51. The van der Waals surface area contributed by atoms with Crippen LogP contribution in [0.5, 0.6) is 0 Å². The molecule has 84 valence electrons. The molecule has 2 nitrogen and oxygen atoms in total. The van der Waals surface area contributed by atoms with Crippen molar-refractivity contribution in [1.82, 2.24) is 0 Å². The number of rotatable bonds is 4. The highest BCUT2D eigenvalue weighted by Gasteiger charge is 2.10. The molecule has 0 bridgehead atoms. The van der Waals surface area contributed by atoms with Gasteiger partial charge >= 0.3 is 0 Å². The molecule has 0 heterocycles. The summed E-state index contributed by atoms with van der Waals surface area (Å²) in [6, 6.07) is 6.40. The molecule has 0 amide bonds. The van der Waals surface area contributed by atoms with E-state index in [0.29, 0.717) is 13.2 Å². The quantitative estimate of drug-likeness (QED) is 0.823. The van der Waals surface area contributed by atoms with Crippen molar-refractivity contribution < 1.29 is 4.74 Å². The molecule has 0 spiro atoms. The minimum absolute atomic E-state index is 0.251. The Morgan fingerprint density at radius 3 is 2.47 bits per heavy atom. The minimum atomic E-state index is -0.251. The third-order valence-electron chi connectivity index (χ3n) is 2.23. The minimum Gasteiger partial charge on any atom is -0.375 e. The summed E-state index contributed by atoms with van der Waals surface area (Å²) in [5, 5.41) is 0. The Kier molecular flexibility index (Phi) is 3.89. The van der Waals surface area contributed by atoms with E-state index in [1.807, 2.05) is 13.8 Å². The van der Waals surface area contributed by atoms with E-state index in [-0.39, 0.29) is 5.54 Å². The van der Waals surface area contributed by atoms with Gasteiger partial charge in [0.05, 0.1) is 13.2 Å². The first-order valence-corrected chi connectivity index (χ1v) is 5.31. The summed E-state index contributed by atoms with van der Waals surface area (Å²) >= 11 is 0. The van der Waals surface area contributed by atoms with Crippen molar-refractivity contribution in [2.24, 2.45) is 5.73 Å². The first-order chi connectivity index (χ1) is 6.88. The lowest BCUT2D eigenvalue weighted by Gasteiger charge is -2.18. The number of hydrogen-bond donors (Lipinski definition) is 1. The number of nitrogens with two attached hydrogens (primary N) is 1. The van der Waals surface area contributed by atoms with Gasteiger partial charge in [-0.1, -0.05) is 23.8 Å². The zero-order valence-corrected chi connectivity index (χ0v) is 10.1. The maximum atomic E-state index is 5.84. The van der Waals surface area contributed by atoms with Crippen LogP contribution in [0.1, 0.15) is 30.5 Å². The van der Waals surface area contributed by atoms with Crippen molar-refractivity contribution in [3.63, 3.8) is 0 Å². The Labute approximate surface area is 92.4 Å². The van der Waals surface area contributed by atoms with Crippen LogP contribution in [0.3, 0.4) is 0 Å². The second-order valence-electron chi connectivity index (χ2n) is 4.91. The van der Waals surface area contributed by atoms with Crippen LogP contribution in [0.4, 0.5) is 0 Å². The summed E-state index contributed by atoms with van der Waals surface area (Å²) in [6.07, 6.45) is 0. The van der Waals surface area contributed by atoms with Gasteiger partial charge in [-0.05, 0) is 38.8 Å². The Bertz CT molecular complexity index is 326. The lowest BCUT2D eigenvalue weighted by atomic mass is 10.1. The van der Waals surface area contributed by atoms with Crippen LogP contribution >= 0.6 is 0 Å². The van der Waals surface area contributed by atoms with E-state index in [9.17, 15) is 0 Å². The highest BCUT2D eigenvalue weighted by molar-refractivity contribution is 5.29. The molecule has 0 unspecified atom stereocenters. The summed E-state index contributed by atoms with van der Waals surface area (Å²) in [5.41, 5.74) is 9.40. The van der Waals surface area contributed by atoms with E-state index in [0.717, 1.165) is 0 Å². The molecule has 2 heteroatoms. The first-order valence-electron chi connectivity index (χ1n) is 5.31. The van der Waals surface area contributed by atoms with Crippen molar-refractivity contribution in [3.8, 4) is 0 Å². The van der Waals surface area contributed by atoms with Gasteiger partial charge in [0.25, 0.3) is 0 Å². The molecule has 0 saturated heterocycles. The number of aryl methyl sites for hydroxylation is 2. The van der Waals surface area contributed by atoms with E-state index in [1.165, 1.54) is 16.7 Å². The third kappa shape index (κ3) is 4.45. The molecule has 1 aromatic rings. The monoisotopic (exact) mass is 207 g/mol. The lowest BCUT2D eigenvalue weighted by molar-refractivity contribution is 0.0848. The molecular weight excluding hydrogens is 186 g/mol.